The van der Waals surface area contributed by atoms with E-state index in [0.29, 0.717) is 36.4 Å². The maximum absolute atomic E-state index is 12.8. The lowest BCUT2D eigenvalue weighted by atomic mass is 10.00. The highest BCUT2D eigenvalue weighted by molar-refractivity contribution is 6.33. The Morgan fingerprint density at radius 2 is 2.13 bits per heavy atom. The molecule has 1 unspecified atom stereocenters. The van der Waals surface area contributed by atoms with Gasteiger partial charge in [0.05, 0.1) is 35.5 Å². The molecule has 0 spiro atoms. The van der Waals surface area contributed by atoms with Crippen molar-refractivity contribution in [3.8, 4) is 5.75 Å². The van der Waals surface area contributed by atoms with Crippen LogP contribution in [0.4, 0.5) is 10.5 Å². The maximum Gasteiger partial charge on any atom is 0.322 e. The number of rotatable bonds is 8. The summed E-state index contributed by atoms with van der Waals surface area (Å²) in [4.78, 5) is 37.9. The Morgan fingerprint density at radius 3 is 2.77 bits per heavy atom. The molecule has 3 rings (SSSR count). The average Bonchev–Trinajstić information content (AvgIpc) is 3.07. The maximum atomic E-state index is 12.8. The third kappa shape index (κ3) is 5.57. The molecular weight excluding hydrogens is 426 g/mol. The van der Waals surface area contributed by atoms with E-state index in [1.165, 1.54) is 19.2 Å². The number of urea groups is 1. The molecule has 11 heteroatoms. The van der Waals surface area contributed by atoms with E-state index in [0.717, 1.165) is 19.5 Å². The third-order valence-electron chi connectivity index (χ3n) is 5.65. The highest BCUT2D eigenvalue weighted by Gasteiger charge is 2.32. The minimum Gasteiger partial charge on any atom is -0.496 e. The molecule has 0 aromatic heterocycles. The van der Waals surface area contributed by atoms with Gasteiger partial charge in [0.15, 0.2) is 0 Å². The minimum absolute atomic E-state index is 0.172. The molecule has 0 radical (unpaired) electrons. The van der Waals surface area contributed by atoms with Crippen LogP contribution >= 0.6 is 11.6 Å². The molecule has 0 aliphatic carbocycles. The number of benzene rings is 1. The number of imide groups is 1. The molecule has 170 valence electrons. The summed E-state index contributed by atoms with van der Waals surface area (Å²) in [5, 5.41) is 8.15. The van der Waals surface area contributed by atoms with Crippen LogP contribution in [-0.2, 0) is 9.53 Å². The molecule has 1 aromatic rings. The van der Waals surface area contributed by atoms with Crippen LogP contribution in [0, 0.1) is 0 Å². The van der Waals surface area contributed by atoms with Crippen LogP contribution in [0.15, 0.2) is 12.1 Å². The lowest BCUT2D eigenvalue weighted by molar-refractivity contribution is -0.120. The van der Waals surface area contributed by atoms with Crippen LogP contribution < -0.4 is 26.4 Å². The SMILES string of the molecule is COc1cc(N)c(Cl)cc1C(=O)N[C@@H]1CCN(CCCC2NC(=O)NC2=O)C[C@@H]1OC. The monoisotopic (exact) mass is 453 g/mol. The number of anilines is 1. The molecule has 1 aromatic carbocycles. The van der Waals surface area contributed by atoms with Gasteiger partial charge >= 0.3 is 6.03 Å². The highest BCUT2D eigenvalue weighted by atomic mass is 35.5. The molecule has 2 saturated heterocycles. The summed E-state index contributed by atoms with van der Waals surface area (Å²) in [6, 6.07) is 1.95. The Hall–Kier alpha value is -2.56. The lowest BCUT2D eigenvalue weighted by Crippen LogP contribution is -2.55. The molecule has 5 N–H and O–H groups in total. The van der Waals surface area contributed by atoms with Crippen LogP contribution in [0.5, 0.6) is 5.75 Å². The number of halogens is 1. The fraction of sp³-hybridized carbons (Fsp3) is 0.550. The molecule has 2 fully saturated rings. The number of amides is 4. The lowest BCUT2D eigenvalue weighted by Gasteiger charge is -2.38. The molecule has 10 nitrogen and oxygen atoms in total. The van der Waals surface area contributed by atoms with Crippen molar-refractivity contribution in [3.63, 3.8) is 0 Å². The molecule has 0 saturated carbocycles. The van der Waals surface area contributed by atoms with Gasteiger partial charge in [-0.05, 0) is 31.9 Å². The van der Waals surface area contributed by atoms with Crippen molar-refractivity contribution in [2.75, 3.05) is 39.6 Å². The summed E-state index contributed by atoms with van der Waals surface area (Å²) in [7, 11) is 3.09. The number of piperidine rings is 1. The third-order valence-corrected chi connectivity index (χ3v) is 5.98. The van der Waals surface area contributed by atoms with Gasteiger partial charge in [-0.25, -0.2) is 4.79 Å². The Bertz CT molecular complexity index is 851. The molecule has 2 aliphatic heterocycles. The van der Waals surface area contributed by atoms with Gasteiger partial charge in [0.2, 0.25) is 0 Å². The number of hydrogen-bond acceptors (Lipinski definition) is 7. The summed E-state index contributed by atoms with van der Waals surface area (Å²) in [6.07, 6.45) is 1.84. The van der Waals surface area contributed by atoms with Crippen molar-refractivity contribution < 1.29 is 23.9 Å². The highest BCUT2D eigenvalue weighted by Crippen LogP contribution is 2.29. The fourth-order valence-corrected chi connectivity index (χ4v) is 4.09. The van der Waals surface area contributed by atoms with Gasteiger partial charge in [0, 0.05) is 26.3 Å². The van der Waals surface area contributed by atoms with Crippen molar-refractivity contribution in [2.45, 2.75) is 37.5 Å². The summed E-state index contributed by atoms with van der Waals surface area (Å²) in [5.74, 6) is -0.226. The van der Waals surface area contributed by atoms with E-state index in [1.54, 1.807) is 7.11 Å². The van der Waals surface area contributed by atoms with Crippen LogP contribution in [0.25, 0.3) is 0 Å². The number of ether oxygens (including phenoxy) is 2. The number of nitrogens with two attached hydrogens (primary N) is 1. The molecule has 2 aliphatic rings. The van der Waals surface area contributed by atoms with Gasteiger partial charge < -0.3 is 30.7 Å². The van der Waals surface area contributed by atoms with Gasteiger partial charge in [-0.2, -0.15) is 0 Å². The molecule has 31 heavy (non-hydrogen) atoms. The zero-order valence-electron chi connectivity index (χ0n) is 17.6. The Labute approximate surface area is 185 Å². The summed E-state index contributed by atoms with van der Waals surface area (Å²) < 4.78 is 10.9. The number of carbonyl (C=O) groups excluding carboxylic acids is 3. The van der Waals surface area contributed by atoms with Crippen molar-refractivity contribution in [1.82, 2.24) is 20.9 Å². The largest absolute Gasteiger partial charge is 0.496 e. The molecule has 2 heterocycles. The zero-order chi connectivity index (χ0) is 22.5. The van der Waals surface area contributed by atoms with Gasteiger partial charge in [-0.3, -0.25) is 14.9 Å². The predicted molar refractivity (Wildman–Crippen MR) is 115 cm³/mol. The first kappa shape index (κ1) is 23.1. The molecule has 4 amide bonds. The molecule has 3 atom stereocenters. The second-order valence-electron chi connectivity index (χ2n) is 7.67. The van der Waals surface area contributed by atoms with Crippen LogP contribution in [0.2, 0.25) is 5.02 Å². The summed E-state index contributed by atoms with van der Waals surface area (Å²) in [5.41, 5.74) is 6.45. The first-order chi connectivity index (χ1) is 14.8. The quantitative estimate of drug-likeness (QED) is 0.336. The van der Waals surface area contributed by atoms with Crippen molar-refractivity contribution in [2.24, 2.45) is 0 Å². The Balaban J connectivity index is 1.53. The zero-order valence-corrected chi connectivity index (χ0v) is 18.3. The topological polar surface area (TPSA) is 135 Å². The number of hydrogen-bond donors (Lipinski definition) is 4. The molecule has 0 bridgehead atoms. The summed E-state index contributed by atoms with van der Waals surface area (Å²) >= 11 is 6.08. The molecular formula is C20H28ClN5O5. The van der Waals surface area contributed by atoms with Crippen molar-refractivity contribution >= 4 is 35.1 Å². The van der Waals surface area contributed by atoms with Gasteiger partial charge in [0.25, 0.3) is 11.8 Å². The first-order valence-electron chi connectivity index (χ1n) is 10.1. The van der Waals surface area contributed by atoms with E-state index < -0.39 is 12.1 Å². The van der Waals surface area contributed by atoms with E-state index in [1.807, 2.05) is 0 Å². The van der Waals surface area contributed by atoms with Crippen LogP contribution in [0.3, 0.4) is 0 Å². The number of likely N-dealkylation sites (tertiary alicyclic amines) is 1. The van der Waals surface area contributed by atoms with E-state index in [9.17, 15) is 14.4 Å². The Kier molecular flexibility index (Phi) is 7.58. The number of methoxy groups -OCH3 is 2. The van der Waals surface area contributed by atoms with Crippen LogP contribution in [0.1, 0.15) is 29.6 Å². The second kappa shape index (κ2) is 10.2. The minimum atomic E-state index is -0.468. The van der Waals surface area contributed by atoms with E-state index >= 15 is 0 Å². The van der Waals surface area contributed by atoms with E-state index in [2.05, 4.69) is 20.9 Å². The number of nitrogen functional groups attached to an aromatic ring is 1. The van der Waals surface area contributed by atoms with Crippen LogP contribution in [-0.4, -0.2) is 74.8 Å². The summed E-state index contributed by atoms with van der Waals surface area (Å²) in [6.45, 7) is 2.18. The number of carbonyl (C=O) groups is 3. The number of nitrogens with one attached hydrogen (secondary N) is 3. The standard InChI is InChI=1S/C20H28ClN5O5/c1-30-16-9-13(22)12(21)8-11(16)18(27)23-14-5-7-26(10-17(14)31-2)6-3-4-15-19(28)25-20(29)24-15/h8-9,14-15,17H,3-7,10,22H2,1-2H3,(H,23,27)(H2,24,25,28,29)/t14-,15?,17+/m1/s1. The fourth-order valence-electron chi connectivity index (χ4n) is 3.93. The second-order valence-corrected chi connectivity index (χ2v) is 8.08. The normalized spacial score (nSPS) is 23.9. The van der Waals surface area contributed by atoms with Gasteiger partial charge in [-0.1, -0.05) is 11.6 Å². The smallest absolute Gasteiger partial charge is 0.322 e. The van der Waals surface area contributed by atoms with E-state index in [4.69, 9.17) is 26.8 Å². The van der Waals surface area contributed by atoms with Crippen molar-refractivity contribution in [1.29, 1.82) is 0 Å². The van der Waals surface area contributed by atoms with E-state index in [-0.39, 0.29) is 29.0 Å². The van der Waals surface area contributed by atoms with Gasteiger partial charge in [-0.15, -0.1) is 0 Å². The van der Waals surface area contributed by atoms with Gasteiger partial charge in [0.1, 0.15) is 11.8 Å². The Morgan fingerprint density at radius 1 is 1.35 bits per heavy atom. The first-order valence-corrected chi connectivity index (χ1v) is 10.5. The predicted octanol–water partition coefficient (Wildman–Crippen LogP) is 0.738. The number of nitrogens with zero attached hydrogens (tertiary/aromatic N) is 1. The average molecular weight is 454 g/mol. The van der Waals surface area contributed by atoms with Crippen molar-refractivity contribution in [3.05, 3.63) is 22.7 Å².